The van der Waals surface area contributed by atoms with Crippen molar-refractivity contribution in [3.8, 4) is 16.9 Å². The van der Waals surface area contributed by atoms with Gasteiger partial charge in [0.05, 0.1) is 32.5 Å². The zero-order chi connectivity index (χ0) is 32.4. The number of aliphatic hydroxyl groups is 2. The van der Waals surface area contributed by atoms with Gasteiger partial charge < -0.3 is 40.7 Å². The molecule has 0 aliphatic carbocycles. The summed E-state index contributed by atoms with van der Waals surface area (Å²) in [6, 6.07) is 29.9. The van der Waals surface area contributed by atoms with Gasteiger partial charge in [0.1, 0.15) is 5.75 Å². The molecule has 0 saturated heterocycles. The van der Waals surface area contributed by atoms with Crippen LogP contribution in [0.2, 0.25) is 0 Å². The average molecular weight is 628 g/mol. The Hall–Kier alpha value is -4.25. The van der Waals surface area contributed by atoms with Gasteiger partial charge in [-0.2, -0.15) is 0 Å². The van der Waals surface area contributed by atoms with E-state index in [4.69, 9.17) is 9.47 Å². The van der Waals surface area contributed by atoms with Crippen molar-refractivity contribution >= 4 is 17.4 Å². The normalized spacial score (nSPS) is 11.7. The third-order valence-electron chi connectivity index (χ3n) is 7.46. The van der Waals surface area contributed by atoms with Crippen LogP contribution in [-0.4, -0.2) is 54.3 Å². The maximum absolute atomic E-state index is 12.5. The summed E-state index contributed by atoms with van der Waals surface area (Å²) in [5.74, 6) is 0.0311. The Labute approximate surface area is 271 Å². The highest BCUT2D eigenvalue weighted by Crippen LogP contribution is 2.23. The number of aliphatic hydroxyl groups excluding tert-OH is 2. The van der Waals surface area contributed by atoms with Gasteiger partial charge in [-0.3, -0.25) is 0 Å². The molecule has 0 heterocycles. The molecular weight excluding hydrogens is 582 g/mol. The molecule has 9 nitrogen and oxygen atoms in total. The third-order valence-corrected chi connectivity index (χ3v) is 7.46. The van der Waals surface area contributed by atoms with Gasteiger partial charge in [-0.25, -0.2) is 4.79 Å². The standard InChI is InChI=1S/C37H45N3O6/c41-26-32-24-31(15-18-35(32)42)36(43)25-38-19-6-1-2-7-20-45-21-22-46-27-28-9-8-12-34(23-28)40-37(44)39-33-16-13-30(14-17-33)29-10-4-3-5-11-29/h3-5,8-18,23-24,36,38,41-43H,1-2,6-7,19-22,25-27H2,(H2,39,40,44)/t36-/m0/s1. The quantitative estimate of drug-likeness (QED) is 0.0645. The molecule has 0 fully saturated rings. The van der Waals surface area contributed by atoms with Crippen LogP contribution >= 0.6 is 0 Å². The number of unbranched alkanes of at least 4 members (excludes halogenated alkanes) is 3. The summed E-state index contributed by atoms with van der Waals surface area (Å²) in [6.45, 7) is 3.09. The Kier molecular flexibility index (Phi) is 14.5. The van der Waals surface area contributed by atoms with Gasteiger partial charge in [0.2, 0.25) is 0 Å². The highest BCUT2D eigenvalue weighted by atomic mass is 16.5. The van der Waals surface area contributed by atoms with Gasteiger partial charge in [0.25, 0.3) is 0 Å². The average Bonchev–Trinajstić information content (AvgIpc) is 3.08. The van der Waals surface area contributed by atoms with Gasteiger partial charge in [-0.1, -0.05) is 73.5 Å². The first-order valence-electron chi connectivity index (χ1n) is 15.8. The lowest BCUT2D eigenvalue weighted by atomic mass is 10.1. The van der Waals surface area contributed by atoms with Crippen molar-refractivity contribution in [1.29, 1.82) is 0 Å². The topological polar surface area (TPSA) is 132 Å². The molecule has 4 rings (SSSR count). The summed E-state index contributed by atoms with van der Waals surface area (Å²) >= 11 is 0. The number of hydrogen-bond donors (Lipinski definition) is 6. The van der Waals surface area contributed by atoms with Crippen LogP contribution in [0.4, 0.5) is 16.2 Å². The van der Waals surface area contributed by atoms with E-state index in [2.05, 4.69) is 28.1 Å². The lowest BCUT2D eigenvalue weighted by molar-refractivity contribution is 0.0393. The number of urea groups is 1. The van der Waals surface area contributed by atoms with Crippen molar-refractivity contribution in [3.63, 3.8) is 0 Å². The first kappa shape index (κ1) is 34.6. The van der Waals surface area contributed by atoms with Crippen molar-refractivity contribution in [2.75, 3.05) is 43.5 Å². The zero-order valence-electron chi connectivity index (χ0n) is 26.2. The number of amides is 2. The Balaban J connectivity index is 0.999. The third kappa shape index (κ3) is 11.9. The van der Waals surface area contributed by atoms with Crippen molar-refractivity contribution in [3.05, 3.63) is 114 Å². The molecule has 9 heteroatoms. The van der Waals surface area contributed by atoms with Gasteiger partial charge in [0.15, 0.2) is 0 Å². The Morgan fingerprint density at radius 3 is 2.26 bits per heavy atom. The van der Waals surface area contributed by atoms with Crippen LogP contribution < -0.4 is 16.0 Å². The largest absolute Gasteiger partial charge is 0.508 e. The Morgan fingerprint density at radius 1 is 0.717 bits per heavy atom. The van der Waals surface area contributed by atoms with E-state index in [9.17, 15) is 20.1 Å². The molecule has 46 heavy (non-hydrogen) atoms. The smallest absolute Gasteiger partial charge is 0.323 e. The molecule has 0 aromatic heterocycles. The molecule has 0 saturated carbocycles. The molecule has 2 amide bonds. The molecule has 0 bridgehead atoms. The lowest BCUT2D eigenvalue weighted by Crippen LogP contribution is -2.22. The van der Waals surface area contributed by atoms with Crippen LogP contribution in [0.1, 0.15) is 48.5 Å². The first-order valence-corrected chi connectivity index (χ1v) is 15.8. The maximum atomic E-state index is 12.5. The monoisotopic (exact) mass is 627 g/mol. The molecule has 0 spiro atoms. The number of carbonyl (C=O) groups excluding carboxylic acids is 1. The second kappa shape index (κ2) is 19.3. The fourth-order valence-electron chi connectivity index (χ4n) is 4.92. The highest BCUT2D eigenvalue weighted by Gasteiger charge is 2.10. The van der Waals surface area contributed by atoms with Crippen molar-refractivity contribution in [2.45, 2.75) is 45.0 Å². The van der Waals surface area contributed by atoms with Gasteiger partial charge in [0, 0.05) is 30.1 Å². The van der Waals surface area contributed by atoms with Gasteiger partial charge in [-0.15, -0.1) is 0 Å². The number of nitrogens with one attached hydrogen (secondary N) is 3. The van der Waals surface area contributed by atoms with Crippen molar-refractivity contribution < 1.29 is 29.6 Å². The number of carbonyl (C=O) groups is 1. The van der Waals surface area contributed by atoms with Crippen LogP contribution in [0.25, 0.3) is 11.1 Å². The van der Waals surface area contributed by atoms with Crippen LogP contribution in [0.5, 0.6) is 5.75 Å². The van der Waals surface area contributed by atoms with E-state index in [1.807, 2.05) is 66.7 Å². The zero-order valence-corrected chi connectivity index (χ0v) is 26.2. The number of benzene rings is 4. The van der Waals surface area contributed by atoms with E-state index in [0.29, 0.717) is 55.5 Å². The molecule has 6 N–H and O–H groups in total. The summed E-state index contributed by atoms with van der Waals surface area (Å²) in [7, 11) is 0. The molecule has 0 aliphatic rings. The number of anilines is 2. The van der Waals surface area contributed by atoms with Gasteiger partial charge in [-0.05, 0) is 78.0 Å². The van der Waals surface area contributed by atoms with E-state index in [1.165, 1.54) is 6.07 Å². The molecule has 0 unspecified atom stereocenters. The highest BCUT2D eigenvalue weighted by molar-refractivity contribution is 5.99. The van der Waals surface area contributed by atoms with E-state index < -0.39 is 6.10 Å². The van der Waals surface area contributed by atoms with Crippen molar-refractivity contribution in [2.24, 2.45) is 0 Å². The summed E-state index contributed by atoms with van der Waals surface area (Å²) in [6.07, 6.45) is 3.43. The fourth-order valence-corrected chi connectivity index (χ4v) is 4.92. The SMILES string of the molecule is O=C(Nc1ccc(-c2ccccc2)cc1)Nc1cccc(COCCOCCCCCCNC[C@H](O)c2ccc(O)c(CO)c2)c1. The number of ether oxygens (including phenoxy) is 2. The maximum Gasteiger partial charge on any atom is 0.323 e. The number of aromatic hydroxyl groups is 1. The molecule has 0 radical (unpaired) electrons. The minimum absolute atomic E-state index is 0.0311. The number of phenols is 1. The molecule has 244 valence electrons. The van der Waals surface area contributed by atoms with Gasteiger partial charge >= 0.3 is 6.03 Å². The van der Waals surface area contributed by atoms with Crippen LogP contribution in [0.3, 0.4) is 0 Å². The molecule has 4 aromatic carbocycles. The van der Waals surface area contributed by atoms with Crippen LogP contribution in [0.15, 0.2) is 97.1 Å². The minimum Gasteiger partial charge on any atom is -0.508 e. The summed E-state index contributed by atoms with van der Waals surface area (Å²) in [5, 5.41) is 38.2. The molecular formula is C37H45N3O6. The summed E-state index contributed by atoms with van der Waals surface area (Å²) in [4.78, 5) is 12.5. The van der Waals surface area contributed by atoms with E-state index in [-0.39, 0.29) is 18.4 Å². The second-order valence-corrected chi connectivity index (χ2v) is 11.1. The lowest BCUT2D eigenvalue weighted by Gasteiger charge is -2.14. The summed E-state index contributed by atoms with van der Waals surface area (Å²) in [5.41, 5.74) is 5.66. The molecule has 4 aromatic rings. The molecule has 1 atom stereocenters. The number of rotatable bonds is 19. The second-order valence-electron chi connectivity index (χ2n) is 11.1. The molecule has 0 aliphatic heterocycles. The van der Waals surface area contributed by atoms with E-state index >= 15 is 0 Å². The summed E-state index contributed by atoms with van der Waals surface area (Å²) < 4.78 is 11.5. The fraction of sp³-hybridized carbons (Fsp3) is 0.324. The van der Waals surface area contributed by atoms with Crippen LogP contribution in [-0.2, 0) is 22.7 Å². The first-order chi connectivity index (χ1) is 22.5. The van der Waals surface area contributed by atoms with E-state index in [0.717, 1.165) is 48.9 Å². The van der Waals surface area contributed by atoms with E-state index in [1.54, 1.807) is 12.1 Å². The Morgan fingerprint density at radius 2 is 1.46 bits per heavy atom. The Bertz CT molecular complexity index is 1470. The minimum atomic E-state index is -0.691. The van der Waals surface area contributed by atoms with Crippen molar-refractivity contribution in [1.82, 2.24) is 5.32 Å². The number of hydrogen-bond acceptors (Lipinski definition) is 7. The predicted octanol–water partition coefficient (Wildman–Crippen LogP) is 6.61. The predicted molar refractivity (Wildman–Crippen MR) is 182 cm³/mol. The van der Waals surface area contributed by atoms with Crippen LogP contribution in [0, 0.1) is 0 Å².